The molecule has 0 aromatic carbocycles. The number of rotatable bonds is 1. The molecule has 0 unspecified atom stereocenters. The van der Waals surface area contributed by atoms with Gasteiger partial charge in [-0.2, -0.15) is 4.98 Å². The Morgan fingerprint density at radius 2 is 2.06 bits per heavy atom. The minimum Gasteiger partial charge on any atom is -0.472 e. The SMILES string of the molecule is Cc1c(/C=N/O)nc2c3c(nc(Cl)c(F)c13)O[C@@H](C)[C@@H]1[C@@H]3CC[C@H](CN21)N3C(=O)OC(C)(C)C. The second-order valence-corrected chi connectivity index (χ2v) is 10.5. The number of carbonyl (C=O) groups is 1. The quantitative estimate of drug-likeness (QED) is 0.275. The zero-order chi connectivity index (χ0) is 24.5. The predicted octanol–water partition coefficient (Wildman–Crippen LogP) is 4.28. The third-order valence-electron chi connectivity index (χ3n) is 6.82. The van der Waals surface area contributed by atoms with Crippen LogP contribution in [0, 0.1) is 12.7 Å². The van der Waals surface area contributed by atoms with Gasteiger partial charge in [-0.1, -0.05) is 16.8 Å². The van der Waals surface area contributed by atoms with Gasteiger partial charge < -0.3 is 19.6 Å². The normalized spacial score (nSPS) is 26.0. The number of halogens is 2. The van der Waals surface area contributed by atoms with Crippen molar-refractivity contribution < 1.29 is 23.9 Å². The first-order chi connectivity index (χ1) is 16.0. The summed E-state index contributed by atoms with van der Waals surface area (Å²) in [6.45, 7) is 9.60. The van der Waals surface area contributed by atoms with Gasteiger partial charge in [-0.05, 0) is 53.0 Å². The topological polar surface area (TPSA) is 100 Å². The molecule has 4 atom stereocenters. The molecule has 0 radical (unpaired) electrons. The zero-order valence-corrected chi connectivity index (χ0v) is 20.4. The molecule has 0 saturated carbocycles. The van der Waals surface area contributed by atoms with Gasteiger partial charge >= 0.3 is 6.09 Å². The Morgan fingerprint density at radius 1 is 1.32 bits per heavy atom. The summed E-state index contributed by atoms with van der Waals surface area (Å²) in [7, 11) is 0. The summed E-state index contributed by atoms with van der Waals surface area (Å²) in [4.78, 5) is 26.0. The summed E-state index contributed by atoms with van der Waals surface area (Å²) >= 11 is 6.14. The number of pyridine rings is 2. The van der Waals surface area contributed by atoms with Crippen LogP contribution in [0.1, 0.15) is 51.8 Å². The van der Waals surface area contributed by atoms with Crippen LogP contribution in [-0.2, 0) is 4.74 Å². The van der Waals surface area contributed by atoms with Gasteiger partial charge in [-0.15, -0.1) is 0 Å². The highest BCUT2D eigenvalue weighted by Gasteiger charge is 2.53. The molecule has 2 aromatic heterocycles. The maximum absolute atomic E-state index is 15.3. The first-order valence-corrected chi connectivity index (χ1v) is 11.7. The average molecular weight is 492 g/mol. The van der Waals surface area contributed by atoms with Gasteiger partial charge in [0, 0.05) is 11.9 Å². The first kappa shape index (κ1) is 22.9. The van der Waals surface area contributed by atoms with Gasteiger partial charge in [0.25, 0.3) is 0 Å². The number of aromatic nitrogens is 2. The molecule has 0 aliphatic carbocycles. The summed E-state index contributed by atoms with van der Waals surface area (Å²) in [5, 5.41) is 12.6. The molecule has 3 aliphatic rings. The van der Waals surface area contributed by atoms with Crippen molar-refractivity contribution in [1.29, 1.82) is 0 Å². The lowest BCUT2D eigenvalue weighted by Crippen LogP contribution is -2.65. The Bertz CT molecular complexity index is 1220. The highest BCUT2D eigenvalue weighted by atomic mass is 35.5. The van der Waals surface area contributed by atoms with Gasteiger partial charge in [0.2, 0.25) is 5.88 Å². The summed E-state index contributed by atoms with van der Waals surface area (Å²) in [5.74, 6) is -0.0102. The van der Waals surface area contributed by atoms with Crippen molar-refractivity contribution in [3.63, 3.8) is 0 Å². The lowest BCUT2D eigenvalue weighted by Gasteiger charge is -2.48. The van der Waals surface area contributed by atoms with E-state index in [-0.39, 0.29) is 40.6 Å². The number of amides is 1. The molecule has 1 N–H and O–H groups in total. The van der Waals surface area contributed by atoms with Crippen LogP contribution in [0.2, 0.25) is 5.15 Å². The van der Waals surface area contributed by atoms with E-state index in [2.05, 4.69) is 15.0 Å². The van der Waals surface area contributed by atoms with Gasteiger partial charge in [-0.25, -0.2) is 14.2 Å². The van der Waals surface area contributed by atoms with Crippen molar-refractivity contribution >= 4 is 40.5 Å². The van der Waals surface area contributed by atoms with Crippen LogP contribution < -0.4 is 9.64 Å². The van der Waals surface area contributed by atoms with Crippen LogP contribution >= 0.6 is 11.6 Å². The van der Waals surface area contributed by atoms with E-state index in [0.717, 1.165) is 12.8 Å². The third kappa shape index (κ3) is 3.41. The number of piperazine rings is 1. The molecule has 182 valence electrons. The number of fused-ring (bicyclic) bond motifs is 5. The molecular formula is C23H27ClFN5O4. The summed E-state index contributed by atoms with van der Waals surface area (Å²) < 4.78 is 27.2. The number of anilines is 1. The van der Waals surface area contributed by atoms with Crippen LogP contribution in [0.5, 0.6) is 5.88 Å². The van der Waals surface area contributed by atoms with Crippen LogP contribution in [-0.4, -0.2) is 68.8 Å². The second kappa shape index (κ2) is 7.83. The largest absolute Gasteiger partial charge is 0.472 e. The molecule has 2 bridgehead atoms. The molecule has 1 amide bonds. The lowest BCUT2D eigenvalue weighted by molar-refractivity contribution is 0.000957. The lowest BCUT2D eigenvalue weighted by atomic mass is 9.97. The van der Waals surface area contributed by atoms with E-state index in [9.17, 15) is 10.0 Å². The molecular weight excluding hydrogens is 465 g/mol. The number of hydrogen-bond donors (Lipinski definition) is 1. The fourth-order valence-corrected chi connectivity index (χ4v) is 5.72. The highest BCUT2D eigenvalue weighted by molar-refractivity contribution is 6.30. The standard InChI is InChI=1S/C23H27ClFN5O4/c1-10-13(8-26-32)27-20-16-15(10)17(25)19(24)28-21(16)33-11(2)18-14-7-6-12(9-29(18)20)30(14)22(31)34-23(3,4)5/h8,11-12,14,18,32H,6-7,9H2,1-5H3/b26-8+/t11-,12+,14-,18+/m0/s1. The van der Waals surface area contributed by atoms with E-state index in [1.807, 2.05) is 32.6 Å². The second-order valence-electron chi connectivity index (χ2n) is 10.1. The Kier molecular flexibility index (Phi) is 5.27. The van der Waals surface area contributed by atoms with Crippen molar-refractivity contribution in [2.75, 3.05) is 11.4 Å². The number of nitrogens with zero attached hydrogens (tertiary/aromatic N) is 5. The maximum Gasteiger partial charge on any atom is 0.410 e. The summed E-state index contributed by atoms with van der Waals surface area (Å²) in [5.41, 5.74) is 0.161. The number of ether oxygens (including phenoxy) is 2. The van der Waals surface area contributed by atoms with Crippen LogP contribution in [0.3, 0.4) is 0 Å². The zero-order valence-electron chi connectivity index (χ0n) is 19.7. The van der Waals surface area contributed by atoms with Crippen molar-refractivity contribution in [2.45, 2.75) is 77.3 Å². The Labute approximate surface area is 201 Å². The molecule has 11 heteroatoms. The van der Waals surface area contributed by atoms with Crippen LogP contribution in [0.25, 0.3) is 10.8 Å². The van der Waals surface area contributed by atoms with Gasteiger partial charge in [0.05, 0.1) is 35.4 Å². The van der Waals surface area contributed by atoms with E-state index in [1.54, 1.807) is 6.92 Å². The fourth-order valence-electron chi connectivity index (χ4n) is 5.55. The fraction of sp³-hybridized carbons (Fsp3) is 0.565. The molecule has 2 aromatic rings. The van der Waals surface area contributed by atoms with E-state index < -0.39 is 17.5 Å². The maximum atomic E-state index is 15.3. The minimum atomic E-state index is -0.681. The highest BCUT2D eigenvalue weighted by Crippen LogP contribution is 2.46. The number of hydrogen-bond acceptors (Lipinski definition) is 8. The Balaban J connectivity index is 1.69. The first-order valence-electron chi connectivity index (χ1n) is 11.3. The summed E-state index contributed by atoms with van der Waals surface area (Å²) in [6.07, 6.45) is 2.00. The molecule has 5 heterocycles. The Morgan fingerprint density at radius 3 is 2.74 bits per heavy atom. The predicted molar refractivity (Wildman–Crippen MR) is 125 cm³/mol. The number of aryl methyl sites for hydroxylation is 1. The van der Waals surface area contributed by atoms with Crippen LogP contribution in [0.15, 0.2) is 5.16 Å². The van der Waals surface area contributed by atoms with E-state index >= 15 is 4.39 Å². The smallest absolute Gasteiger partial charge is 0.410 e. The molecule has 2 fully saturated rings. The molecule has 34 heavy (non-hydrogen) atoms. The molecule has 9 nitrogen and oxygen atoms in total. The summed E-state index contributed by atoms with van der Waals surface area (Å²) in [6, 6.07) is -0.561. The van der Waals surface area contributed by atoms with E-state index in [0.29, 0.717) is 29.0 Å². The van der Waals surface area contributed by atoms with Crippen molar-refractivity contribution in [3.05, 3.63) is 22.2 Å². The van der Waals surface area contributed by atoms with Crippen molar-refractivity contribution in [3.8, 4) is 5.88 Å². The molecule has 2 saturated heterocycles. The molecule has 0 spiro atoms. The minimum absolute atomic E-state index is 0.0944. The van der Waals surface area contributed by atoms with Gasteiger partial charge in [0.1, 0.15) is 17.5 Å². The average Bonchev–Trinajstić information content (AvgIpc) is 2.99. The Hall–Kier alpha value is -2.88. The van der Waals surface area contributed by atoms with Crippen LogP contribution in [0.4, 0.5) is 15.0 Å². The number of oxime groups is 1. The monoisotopic (exact) mass is 491 g/mol. The van der Waals surface area contributed by atoms with E-state index in [4.69, 9.17) is 26.1 Å². The van der Waals surface area contributed by atoms with Gasteiger partial charge in [-0.3, -0.25) is 4.90 Å². The van der Waals surface area contributed by atoms with Crippen molar-refractivity contribution in [2.24, 2.45) is 5.16 Å². The third-order valence-corrected chi connectivity index (χ3v) is 7.07. The molecule has 3 aliphatic heterocycles. The molecule has 5 rings (SSSR count). The van der Waals surface area contributed by atoms with Crippen molar-refractivity contribution in [1.82, 2.24) is 14.9 Å². The van der Waals surface area contributed by atoms with Gasteiger partial charge in [0.15, 0.2) is 11.0 Å². The number of carbonyl (C=O) groups excluding carboxylic acids is 1. The van der Waals surface area contributed by atoms with E-state index in [1.165, 1.54) is 6.21 Å².